The van der Waals surface area contributed by atoms with Crippen LogP contribution >= 0.6 is 11.3 Å². The third kappa shape index (κ3) is 10.1. The molecular formula is C92H65N3SSi. The van der Waals surface area contributed by atoms with Crippen LogP contribution in [-0.4, -0.2) is 8.07 Å². The molecule has 0 spiro atoms. The quantitative estimate of drug-likeness (QED) is 0.0542. The van der Waals surface area contributed by atoms with Crippen LogP contribution < -0.4 is 35.4 Å². The maximum absolute atomic E-state index is 4.22. The van der Waals surface area contributed by atoms with Crippen LogP contribution in [-0.2, 0) is 0 Å². The molecule has 3 nitrogen and oxygen atoms in total. The van der Waals surface area contributed by atoms with E-state index in [0.717, 1.165) is 73.3 Å². The molecule has 0 amide bonds. The van der Waals surface area contributed by atoms with E-state index in [1.165, 1.54) is 89.4 Å². The standard InChI is InChI=1S/C92H65N3SSi/c1-4-63-42-48-68(49-43-63)93(71-54-55-85-87-62-90(84-40-24-25-41-86(84)92(87)96-91(85)61-71)95(70-52-46-65(6-3)47-53-70)89-57-67-27-17-19-35-79(67)81-37-21-23-39-83(81)89)72-58-73(60-77(59-72)97(74-28-10-7-11-29-74,75-30-12-8-13-31-75)76-32-14-9-15-33-76)94(69-50-44-64(5-2)45-51-69)88-56-66-26-16-18-34-78(66)80-36-20-22-38-82(80)88/h4-62H,1-3H2. The Bertz CT molecular complexity index is 5790. The number of anilines is 9. The van der Waals surface area contributed by atoms with Gasteiger partial charge in [0.05, 0.1) is 17.1 Å². The molecule has 0 bridgehead atoms. The fraction of sp³-hybridized carbons (Fsp3) is 0. The molecule has 0 fully saturated rings. The Balaban J connectivity index is 0.950. The highest BCUT2D eigenvalue weighted by Gasteiger charge is 2.42. The lowest BCUT2D eigenvalue weighted by molar-refractivity contribution is 1.26. The highest BCUT2D eigenvalue weighted by Crippen LogP contribution is 2.51. The Morgan fingerprint density at radius 1 is 0.237 bits per heavy atom. The van der Waals surface area contributed by atoms with Gasteiger partial charge < -0.3 is 14.7 Å². The molecule has 0 unspecified atom stereocenters. The second-order valence-electron chi connectivity index (χ2n) is 24.9. The number of fused-ring (bicyclic) bond motifs is 11. The van der Waals surface area contributed by atoms with Gasteiger partial charge in [0.2, 0.25) is 0 Å². The lowest BCUT2D eigenvalue weighted by Gasteiger charge is -2.37. The van der Waals surface area contributed by atoms with Crippen molar-refractivity contribution >= 4 is 184 Å². The van der Waals surface area contributed by atoms with Gasteiger partial charge in [0, 0.05) is 75.8 Å². The highest BCUT2D eigenvalue weighted by atomic mass is 32.1. The number of nitrogens with zero attached hydrogens (tertiary/aromatic N) is 3. The summed E-state index contributed by atoms with van der Waals surface area (Å²) in [5.74, 6) is 0. The van der Waals surface area contributed by atoms with Crippen molar-refractivity contribution in [2.24, 2.45) is 0 Å². The molecule has 0 saturated heterocycles. The van der Waals surface area contributed by atoms with Crippen molar-refractivity contribution in [3.05, 3.63) is 376 Å². The maximum atomic E-state index is 4.22. The van der Waals surface area contributed by atoms with E-state index in [2.05, 4.69) is 374 Å². The monoisotopic (exact) mass is 1270 g/mol. The summed E-state index contributed by atoms with van der Waals surface area (Å²) >= 11 is 1.87. The molecule has 0 N–H and O–H groups in total. The topological polar surface area (TPSA) is 9.72 Å². The van der Waals surface area contributed by atoms with Crippen molar-refractivity contribution in [1.82, 2.24) is 0 Å². The highest BCUT2D eigenvalue weighted by molar-refractivity contribution is 7.26. The van der Waals surface area contributed by atoms with Gasteiger partial charge in [-0.25, -0.2) is 0 Å². The molecule has 0 aliphatic rings. The third-order valence-electron chi connectivity index (χ3n) is 19.5. The number of hydrogen-bond donors (Lipinski definition) is 0. The van der Waals surface area contributed by atoms with Gasteiger partial charge in [-0.3, -0.25) is 0 Å². The summed E-state index contributed by atoms with van der Waals surface area (Å²) < 4.78 is 2.43. The van der Waals surface area contributed by atoms with Gasteiger partial charge >= 0.3 is 0 Å². The third-order valence-corrected chi connectivity index (χ3v) is 25.5. The normalized spacial score (nSPS) is 11.6. The first-order valence-corrected chi connectivity index (χ1v) is 35.9. The summed E-state index contributed by atoms with van der Waals surface area (Å²) in [6.45, 7) is 12.6. The zero-order chi connectivity index (χ0) is 65.0. The molecule has 97 heavy (non-hydrogen) atoms. The van der Waals surface area contributed by atoms with E-state index in [4.69, 9.17) is 0 Å². The number of hydrogen-bond acceptors (Lipinski definition) is 4. The maximum Gasteiger partial charge on any atom is 0.179 e. The average Bonchev–Trinajstić information content (AvgIpc) is 1.71. The molecule has 5 heteroatoms. The van der Waals surface area contributed by atoms with E-state index in [9.17, 15) is 0 Å². The second-order valence-corrected chi connectivity index (χ2v) is 29.8. The molecule has 0 aliphatic carbocycles. The Hall–Kier alpha value is -12.1. The summed E-state index contributed by atoms with van der Waals surface area (Å²) in [5, 5.41) is 19.4. The smallest absolute Gasteiger partial charge is 0.179 e. The second kappa shape index (κ2) is 24.7. The van der Waals surface area contributed by atoms with E-state index in [0.29, 0.717) is 0 Å². The van der Waals surface area contributed by atoms with Crippen LogP contribution in [0.4, 0.5) is 51.2 Å². The van der Waals surface area contributed by atoms with Crippen LogP contribution in [0.5, 0.6) is 0 Å². The van der Waals surface area contributed by atoms with Crippen molar-refractivity contribution in [1.29, 1.82) is 0 Å². The first-order chi connectivity index (χ1) is 47.9. The summed E-state index contributed by atoms with van der Waals surface area (Å²) in [6.07, 6.45) is 5.77. The van der Waals surface area contributed by atoms with Crippen LogP contribution in [0, 0.1) is 0 Å². The predicted molar refractivity (Wildman–Crippen MR) is 425 cm³/mol. The number of benzene rings is 16. The predicted octanol–water partition coefficient (Wildman–Crippen LogP) is 23.5. The van der Waals surface area contributed by atoms with E-state index >= 15 is 0 Å². The Labute approximate surface area is 570 Å². The number of rotatable bonds is 16. The first kappa shape index (κ1) is 58.7. The summed E-state index contributed by atoms with van der Waals surface area (Å²) in [4.78, 5) is 7.48. The zero-order valence-corrected chi connectivity index (χ0v) is 55.3. The minimum absolute atomic E-state index is 1.02. The summed E-state index contributed by atoms with van der Waals surface area (Å²) in [6, 6.07) is 127. The Morgan fingerprint density at radius 3 is 1.07 bits per heavy atom. The van der Waals surface area contributed by atoms with Gasteiger partial charge in [-0.05, 0) is 155 Å². The Kier molecular flexibility index (Phi) is 14.9. The molecule has 16 aromatic carbocycles. The molecule has 17 rings (SSSR count). The fourth-order valence-corrected chi connectivity index (χ4v) is 21.1. The van der Waals surface area contributed by atoms with Crippen LogP contribution in [0.1, 0.15) is 16.7 Å². The molecule has 458 valence electrons. The summed E-state index contributed by atoms with van der Waals surface area (Å²) in [7, 11) is -3.26. The van der Waals surface area contributed by atoms with Gasteiger partial charge in [0.25, 0.3) is 0 Å². The van der Waals surface area contributed by atoms with Crippen molar-refractivity contribution in [3.63, 3.8) is 0 Å². The zero-order valence-electron chi connectivity index (χ0n) is 53.4. The molecule has 17 aromatic rings. The van der Waals surface area contributed by atoms with Crippen LogP contribution in [0.2, 0.25) is 0 Å². The molecule has 0 atom stereocenters. The summed E-state index contributed by atoms with van der Waals surface area (Å²) in [5.41, 5.74) is 12.7. The van der Waals surface area contributed by atoms with Gasteiger partial charge in [-0.15, -0.1) is 11.3 Å². The molecule has 0 aliphatic heterocycles. The molecule has 0 saturated carbocycles. The van der Waals surface area contributed by atoms with Gasteiger partial charge in [0.15, 0.2) is 8.07 Å². The van der Waals surface area contributed by atoms with Crippen LogP contribution in [0.25, 0.3) is 92.3 Å². The van der Waals surface area contributed by atoms with E-state index in [-0.39, 0.29) is 0 Å². The number of thiophene rings is 1. The SMILES string of the molecule is C=Cc1ccc(N(c2cc(N(c3ccc(C=C)cc3)c3cc4ccccc4c4ccccc34)cc([Si](c3ccccc3)(c3ccccc3)c3ccccc3)c2)c2ccc3c(c2)sc2c4ccccc4c(N(c4ccc(C=C)cc4)c4cc5ccccc5c5ccccc45)cc32)cc1. The molecule has 1 heterocycles. The molecular weight excluding hydrogens is 1210 g/mol. The van der Waals surface area contributed by atoms with Gasteiger partial charge in [0.1, 0.15) is 0 Å². The van der Waals surface area contributed by atoms with E-state index in [1.54, 1.807) is 0 Å². The largest absolute Gasteiger partial charge is 0.310 e. The lowest BCUT2D eigenvalue weighted by atomic mass is 9.97. The fourth-order valence-electron chi connectivity index (χ4n) is 15.0. The average molecular weight is 1270 g/mol. The van der Waals surface area contributed by atoms with Gasteiger partial charge in [-0.2, -0.15) is 0 Å². The molecule has 0 radical (unpaired) electrons. The Morgan fingerprint density at radius 2 is 0.598 bits per heavy atom. The van der Waals surface area contributed by atoms with Crippen LogP contribution in [0.3, 0.4) is 0 Å². The van der Waals surface area contributed by atoms with Gasteiger partial charge in [-0.1, -0.05) is 293 Å². The lowest BCUT2D eigenvalue weighted by Crippen LogP contribution is -2.74. The van der Waals surface area contributed by atoms with Crippen LogP contribution in [0.15, 0.2) is 359 Å². The van der Waals surface area contributed by atoms with E-state index in [1.807, 2.05) is 29.6 Å². The van der Waals surface area contributed by atoms with Crippen molar-refractivity contribution in [3.8, 4) is 0 Å². The van der Waals surface area contributed by atoms with Crippen molar-refractivity contribution < 1.29 is 0 Å². The van der Waals surface area contributed by atoms with Crippen molar-refractivity contribution in [2.45, 2.75) is 0 Å². The molecule has 1 aromatic heterocycles. The first-order valence-electron chi connectivity index (χ1n) is 33.0. The van der Waals surface area contributed by atoms with Crippen molar-refractivity contribution in [2.75, 3.05) is 14.7 Å². The van der Waals surface area contributed by atoms with E-state index < -0.39 is 8.07 Å². The minimum Gasteiger partial charge on any atom is -0.310 e. The minimum atomic E-state index is -3.26.